The van der Waals surface area contributed by atoms with Crippen LogP contribution in [0.4, 0.5) is 0 Å². The van der Waals surface area contributed by atoms with Crippen molar-refractivity contribution in [2.45, 2.75) is 44.7 Å². The van der Waals surface area contributed by atoms with E-state index in [0.29, 0.717) is 12.1 Å². The Morgan fingerprint density at radius 3 is 2.74 bits per heavy atom. The number of hydrogen-bond donors (Lipinski definition) is 1. The summed E-state index contributed by atoms with van der Waals surface area (Å²) in [5, 5.41) is 12.7. The van der Waals surface area contributed by atoms with Crippen molar-refractivity contribution in [2.75, 3.05) is 7.11 Å². The number of benzene rings is 1. The summed E-state index contributed by atoms with van der Waals surface area (Å²) in [4.78, 5) is 0. The number of hydrogen-bond acceptors (Lipinski definition) is 3. The van der Waals surface area contributed by atoms with Crippen molar-refractivity contribution >= 4 is 0 Å². The van der Waals surface area contributed by atoms with E-state index in [-0.39, 0.29) is 5.92 Å². The number of nitriles is 1. The summed E-state index contributed by atoms with van der Waals surface area (Å²) in [6.07, 6.45) is 4.33. The van der Waals surface area contributed by atoms with Gasteiger partial charge in [-0.15, -0.1) is 0 Å². The van der Waals surface area contributed by atoms with Gasteiger partial charge in [-0.25, -0.2) is 0 Å². The van der Waals surface area contributed by atoms with E-state index in [1.54, 1.807) is 7.11 Å². The van der Waals surface area contributed by atoms with Gasteiger partial charge in [-0.2, -0.15) is 5.26 Å². The molecule has 2 rings (SSSR count). The van der Waals surface area contributed by atoms with Crippen LogP contribution in [0.15, 0.2) is 24.3 Å². The van der Waals surface area contributed by atoms with Gasteiger partial charge in [0.1, 0.15) is 5.75 Å². The van der Waals surface area contributed by atoms with Crippen LogP contribution in [0.25, 0.3) is 0 Å². The van der Waals surface area contributed by atoms with Crippen LogP contribution in [-0.4, -0.2) is 19.2 Å². The van der Waals surface area contributed by atoms with Gasteiger partial charge < -0.3 is 10.1 Å². The zero-order valence-electron chi connectivity index (χ0n) is 11.7. The first-order chi connectivity index (χ1) is 9.22. The molecule has 3 unspecified atom stereocenters. The lowest BCUT2D eigenvalue weighted by molar-refractivity contribution is 0.407. The van der Waals surface area contributed by atoms with E-state index in [4.69, 9.17) is 10.00 Å². The summed E-state index contributed by atoms with van der Waals surface area (Å²) in [5.74, 6) is 1.09. The summed E-state index contributed by atoms with van der Waals surface area (Å²) in [7, 11) is 1.68. The van der Waals surface area contributed by atoms with Crippen molar-refractivity contribution in [1.82, 2.24) is 5.32 Å². The molecule has 102 valence electrons. The first-order valence-electron chi connectivity index (χ1n) is 7.01. The van der Waals surface area contributed by atoms with Crippen LogP contribution in [0.3, 0.4) is 0 Å². The first-order valence-corrected chi connectivity index (χ1v) is 7.01. The van der Waals surface area contributed by atoms with Crippen LogP contribution >= 0.6 is 0 Å². The molecule has 1 aliphatic rings. The summed E-state index contributed by atoms with van der Waals surface area (Å²) in [6.45, 7) is 2.19. The quantitative estimate of drug-likeness (QED) is 0.883. The Morgan fingerprint density at radius 1 is 1.37 bits per heavy atom. The molecule has 1 N–H and O–H groups in total. The highest BCUT2D eigenvalue weighted by atomic mass is 16.5. The highest BCUT2D eigenvalue weighted by Gasteiger charge is 2.27. The van der Waals surface area contributed by atoms with Crippen molar-refractivity contribution in [3.8, 4) is 11.8 Å². The monoisotopic (exact) mass is 258 g/mol. The first kappa shape index (κ1) is 13.9. The molecular formula is C16H22N2O. The summed E-state index contributed by atoms with van der Waals surface area (Å²) in [6, 6.07) is 11.4. The number of nitrogens with one attached hydrogen (secondary N) is 1. The standard InChI is InChI=1S/C16H22N2O/c1-12(18-16-5-3-4-14(16)11-17)10-13-6-8-15(19-2)9-7-13/h6-9,12,14,16,18H,3-5,10H2,1-2H3. The molecule has 1 aromatic rings. The molecule has 1 aromatic carbocycles. The number of methoxy groups -OCH3 is 1. The fourth-order valence-corrected chi connectivity index (χ4v) is 2.85. The lowest BCUT2D eigenvalue weighted by Crippen LogP contribution is -2.39. The smallest absolute Gasteiger partial charge is 0.118 e. The largest absolute Gasteiger partial charge is 0.497 e. The van der Waals surface area contributed by atoms with Crippen LogP contribution in [-0.2, 0) is 6.42 Å². The van der Waals surface area contributed by atoms with Crippen LogP contribution in [0.2, 0.25) is 0 Å². The predicted octanol–water partition coefficient (Wildman–Crippen LogP) is 2.91. The Balaban J connectivity index is 1.86. The molecule has 19 heavy (non-hydrogen) atoms. The summed E-state index contributed by atoms with van der Waals surface area (Å²) in [5.41, 5.74) is 1.30. The Kier molecular flexibility index (Phi) is 4.81. The van der Waals surface area contributed by atoms with Crippen molar-refractivity contribution in [1.29, 1.82) is 5.26 Å². The van der Waals surface area contributed by atoms with E-state index in [1.807, 2.05) is 12.1 Å². The van der Waals surface area contributed by atoms with E-state index in [0.717, 1.165) is 25.0 Å². The third-order valence-corrected chi connectivity index (χ3v) is 3.88. The molecule has 0 amide bonds. The molecule has 0 spiro atoms. The van der Waals surface area contributed by atoms with Gasteiger partial charge in [0.05, 0.1) is 19.1 Å². The second kappa shape index (κ2) is 6.58. The second-order valence-corrected chi connectivity index (χ2v) is 5.39. The molecule has 0 bridgehead atoms. The average Bonchev–Trinajstić information content (AvgIpc) is 2.86. The van der Waals surface area contributed by atoms with E-state index in [2.05, 4.69) is 30.4 Å². The molecule has 3 heteroatoms. The normalized spacial score (nSPS) is 23.8. The predicted molar refractivity (Wildman–Crippen MR) is 76.0 cm³/mol. The fraction of sp³-hybridized carbons (Fsp3) is 0.562. The van der Waals surface area contributed by atoms with Gasteiger partial charge in [0.25, 0.3) is 0 Å². The van der Waals surface area contributed by atoms with Gasteiger partial charge in [0, 0.05) is 12.1 Å². The number of rotatable bonds is 5. The molecule has 0 heterocycles. The number of ether oxygens (including phenoxy) is 1. The van der Waals surface area contributed by atoms with E-state index in [9.17, 15) is 0 Å². The van der Waals surface area contributed by atoms with E-state index >= 15 is 0 Å². The SMILES string of the molecule is COc1ccc(CC(C)NC2CCCC2C#N)cc1. The van der Waals surface area contributed by atoms with Gasteiger partial charge in [-0.3, -0.25) is 0 Å². The Hall–Kier alpha value is -1.53. The Labute approximate surface area is 115 Å². The van der Waals surface area contributed by atoms with Gasteiger partial charge in [-0.05, 0) is 43.9 Å². The lowest BCUT2D eigenvalue weighted by Gasteiger charge is -2.21. The van der Waals surface area contributed by atoms with Crippen molar-refractivity contribution in [3.05, 3.63) is 29.8 Å². The molecule has 1 aliphatic carbocycles. The topological polar surface area (TPSA) is 45.0 Å². The van der Waals surface area contributed by atoms with E-state index in [1.165, 1.54) is 12.0 Å². The van der Waals surface area contributed by atoms with Crippen molar-refractivity contribution in [3.63, 3.8) is 0 Å². The van der Waals surface area contributed by atoms with Gasteiger partial charge in [-0.1, -0.05) is 18.6 Å². The summed E-state index contributed by atoms with van der Waals surface area (Å²) < 4.78 is 5.16. The van der Waals surface area contributed by atoms with Gasteiger partial charge in [0.15, 0.2) is 0 Å². The maximum absolute atomic E-state index is 9.09. The van der Waals surface area contributed by atoms with Crippen LogP contribution in [0.1, 0.15) is 31.7 Å². The Morgan fingerprint density at radius 2 is 2.11 bits per heavy atom. The average molecular weight is 258 g/mol. The minimum atomic E-state index is 0.193. The van der Waals surface area contributed by atoms with Crippen molar-refractivity contribution < 1.29 is 4.74 Å². The van der Waals surface area contributed by atoms with Crippen LogP contribution in [0, 0.1) is 17.2 Å². The molecule has 0 saturated heterocycles. The zero-order valence-corrected chi connectivity index (χ0v) is 11.7. The molecule has 3 atom stereocenters. The second-order valence-electron chi connectivity index (χ2n) is 5.39. The van der Waals surface area contributed by atoms with Crippen molar-refractivity contribution in [2.24, 2.45) is 5.92 Å². The molecule has 0 radical (unpaired) electrons. The van der Waals surface area contributed by atoms with Crippen LogP contribution < -0.4 is 10.1 Å². The molecule has 3 nitrogen and oxygen atoms in total. The van der Waals surface area contributed by atoms with Gasteiger partial charge in [0.2, 0.25) is 0 Å². The summed E-state index contributed by atoms with van der Waals surface area (Å²) >= 11 is 0. The minimum absolute atomic E-state index is 0.193. The Bertz CT molecular complexity index is 435. The molecule has 1 saturated carbocycles. The number of nitrogens with zero attached hydrogens (tertiary/aromatic N) is 1. The molecular weight excluding hydrogens is 236 g/mol. The maximum atomic E-state index is 9.09. The third kappa shape index (κ3) is 3.71. The molecule has 1 fully saturated rings. The van der Waals surface area contributed by atoms with Crippen LogP contribution in [0.5, 0.6) is 5.75 Å². The minimum Gasteiger partial charge on any atom is -0.497 e. The zero-order chi connectivity index (χ0) is 13.7. The third-order valence-electron chi connectivity index (χ3n) is 3.88. The maximum Gasteiger partial charge on any atom is 0.118 e. The highest BCUT2D eigenvalue weighted by Crippen LogP contribution is 2.25. The van der Waals surface area contributed by atoms with E-state index < -0.39 is 0 Å². The molecule has 0 aliphatic heterocycles. The van der Waals surface area contributed by atoms with Gasteiger partial charge >= 0.3 is 0 Å². The fourth-order valence-electron chi connectivity index (χ4n) is 2.85. The highest BCUT2D eigenvalue weighted by molar-refractivity contribution is 5.27. The lowest BCUT2D eigenvalue weighted by atomic mass is 10.0. The molecule has 0 aromatic heterocycles.